The van der Waals surface area contributed by atoms with Crippen LogP contribution >= 0.6 is 27.5 Å². The Bertz CT molecular complexity index is 707. The highest BCUT2D eigenvalue weighted by atomic mass is 79.9. The molecule has 1 aromatic carbocycles. The van der Waals surface area contributed by atoms with Gasteiger partial charge in [-0.25, -0.2) is 9.37 Å². The maximum atomic E-state index is 13.8. The SMILES string of the molecule is N#Cc1cc(F)c(C(=O)Nc2ccnc(Br)c2)c(Cl)c1. The summed E-state index contributed by atoms with van der Waals surface area (Å²) in [5.41, 5.74) is 0.186. The van der Waals surface area contributed by atoms with Crippen molar-refractivity contribution >= 4 is 39.1 Å². The topological polar surface area (TPSA) is 65.8 Å². The molecule has 0 spiro atoms. The van der Waals surface area contributed by atoms with Gasteiger partial charge in [0.2, 0.25) is 0 Å². The summed E-state index contributed by atoms with van der Waals surface area (Å²) in [4.78, 5) is 15.9. The molecule has 0 radical (unpaired) electrons. The first-order chi connectivity index (χ1) is 9.51. The van der Waals surface area contributed by atoms with Crippen LogP contribution in [0.5, 0.6) is 0 Å². The first kappa shape index (κ1) is 14.4. The van der Waals surface area contributed by atoms with Crippen LogP contribution in [-0.2, 0) is 0 Å². The van der Waals surface area contributed by atoms with Crippen molar-refractivity contribution in [2.24, 2.45) is 0 Å². The summed E-state index contributed by atoms with van der Waals surface area (Å²) in [5, 5.41) is 11.1. The molecule has 2 rings (SSSR count). The molecule has 20 heavy (non-hydrogen) atoms. The number of rotatable bonds is 2. The lowest BCUT2D eigenvalue weighted by atomic mass is 10.1. The second-order valence-corrected chi connectivity index (χ2v) is 4.97. The molecule has 1 N–H and O–H groups in total. The van der Waals surface area contributed by atoms with Gasteiger partial charge in [-0.05, 0) is 40.2 Å². The van der Waals surface area contributed by atoms with Gasteiger partial charge in [-0.2, -0.15) is 5.26 Å². The number of halogens is 3. The van der Waals surface area contributed by atoms with E-state index < -0.39 is 11.7 Å². The maximum Gasteiger partial charge on any atom is 0.260 e. The van der Waals surface area contributed by atoms with Crippen molar-refractivity contribution in [3.63, 3.8) is 0 Å². The van der Waals surface area contributed by atoms with Crippen LogP contribution in [0.4, 0.5) is 10.1 Å². The minimum atomic E-state index is -0.848. The first-order valence-corrected chi connectivity index (χ1v) is 6.50. The molecule has 2 aromatic rings. The van der Waals surface area contributed by atoms with E-state index in [4.69, 9.17) is 16.9 Å². The highest BCUT2D eigenvalue weighted by molar-refractivity contribution is 9.10. The zero-order valence-corrected chi connectivity index (χ0v) is 12.2. The number of hydrogen-bond acceptors (Lipinski definition) is 3. The standard InChI is InChI=1S/C13H6BrClFN3O/c14-11-5-8(1-2-18-11)19-13(20)12-9(15)3-7(6-17)4-10(12)16/h1-5H,(H,18,19,20). The summed E-state index contributed by atoms with van der Waals surface area (Å²) in [6.45, 7) is 0. The number of nitriles is 1. The number of aromatic nitrogens is 1. The average Bonchev–Trinajstić information content (AvgIpc) is 2.37. The summed E-state index contributed by atoms with van der Waals surface area (Å²) < 4.78 is 14.3. The van der Waals surface area contributed by atoms with E-state index in [0.717, 1.165) is 6.07 Å². The normalized spacial score (nSPS) is 9.90. The van der Waals surface area contributed by atoms with E-state index in [1.807, 2.05) is 0 Å². The molecule has 0 atom stereocenters. The fraction of sp³-hybridized carbons (Fsp3) is 0. The van der Waals surface area contributed by atoms with Crippen LogP contribution < -0.4 is 5.32 Å². The summed E-state index contributed by atoms with van der Waals surface area (Å²) in [6.07, 6.45) is 1.48. The van der Waals surface area contributed by atoms with Gasteiger partial charge in [0, 0.05) is 11.9 Å². The zero-order chi connectivity index (χ0) is 14.7. The largest absolute Gasteiger partial charge is 0.322 e. The molecule has 0 aliphatic rings. The molecule has 0 bridgehead atoms. The van der Waals surface area contributed by atoms with Crippen LogP contribution in [0.1, 0.15) is 15.9 Å². The third-order valence-electron chi connectivity index (χ3n) is 2.38. The van der Waals surface area contributed by atoms with Gasteiger partial charge in [-0.1, -0.05) is 11.6 Å². The second kappa shape index (κ2) is 5.99. The lowest BCUT2D eigenvalue weighted by molar-refractivity contribution is 0.102. The summed E-state index contributed by atoms with van der Waals surface area (Å²) in [7, 11) is 0. The molecule has 0 saturated carbocycles. The molecular weight excluding hydrogens is 349 g/mol. The number of benzene rings is 1. The lowest BCUT2D eigenvalue weighted by Crippen LogP contribution is -2.14. The van der Waals surface area contributed by atoms with Crippen LogP contribution in [0.15, 0.2) is 35.1 Å². The summed E-state index contributed by atoms with van der Waals surface area (Å²) in [5.74, 6) is -1.55. The number of carbonyl (C=O) groups excluding carboxylic acids is 1. The van der Waals surface area contributed by atoms with Crippen LogP contribution in [0.25, 0.3) is 0 Å². The Balaban J connectivity index is 2.33. The monoisotopic (exact) mass is 353 g/mol. The van der Waals surface area contributed by atoms with E-state index in [1.54, 1.807) is 18.2 Å². The Labute approximate surface area is 127 Å². The zero-order valence-electron chi connectivity index (χ0n) is 9.82. The number of nitrogens with one attached hydrogen (secondary N) is 1. The molecule has 7 heteroatoms. The number of anilines is 1. The van der Waals surface area contributed by atoms with Crippen LogP contribution in [-0.4, -0.2) is 10.9 Å². The van der Waals surface area contributed by atoms with Crippen molar-refractivity contribution < 1.29 is 9.18 Å². The van der Waals surface area contributed by atoms with Crippen molar-refractivity contribution in [1.29, 1.82) is 5.26 Å². The molecule has 1 aromatic heterocycles. The second-order valence-electron chi connectivity index (χ2n) is 3.75. The molecule has 0 aliphatic heterocycles. The smallest absolute Gasteiger partial charge is 0.260 e. The van der Waals surface area contributed by atoms with Gasteiger partial charge in [0.05, 0.1) is 22.2 Å². The van der Waals surface area contributed by atoms with Gasteiger partial charge in [0.15, 0.2) is 0 Å². The van der Waals surface area contributed by atoms with Crippen molar-refractivity contribution in [3.05, 3.63) is 57.0 Å². The van der Waals surface area contributed by atoms with Crippen LogP contribution in [0, 0.1) is 17.1 Å². The van der Waals surface area contributed by atoms with Crippen molar-refractivity contribution in [3.8, 4) is 6.07 Å². The Kier molecular flexibility index (Phi) is 4.32. The van der Waals surface area contributed by atoms with Gasteiger partial charge in [-0.15, -0.1) is 0 Å². The van der Waals surface area contributed by atoms with Gasteiger partial charge >= 0.3 is 0 Å². The van der Waals surface area contributed by atoms with E-state index >= 15 is 0 Å². The van der Waals surface area contributed by atoms with E-state index in [9.17, 15) is 9.18 Å². The quantitative estimate of drug-likeness (QED) is 0.835. The fourth-order valence-electron chi connectivity index (χ4n) is 1.53. The predicted molar refractivity (Wildman–Crippen MR) is 76.0 cm³/mol. The van der Waals surface area contributed by atoms with E-state index in [0.29, 0.717) is 10.3 Å². The summed E-state index contributed by atoms with van der Waals surface area (Å²) in [6, 6.07) is 7.08. The van der Waals surface area contributed by atoms with Crippen molar-refractivity contribution in [1.82, 2.24) is 4.98 Å². The first-order valence-electron chi connectivity index (χ1n) is 5.33. The molecule has 1 amide bonds. The molecule has 0 fully saturated rings. The Morgan fingerprint density at radius 3 is 2.80 bits per heavy atom. The highest BCUT2D eigenvalue weighted by Gasteiger charge is 2.17. The molecule has 0 aliphatic carbocycles. The Morgan fingerprint density at radius 1 is 1.45 bits per heavy atom. The minimum absolute atomic E-state index is 0.0516. The number of hydrogen-bond donors (Lipinski definition) is 1. The molecular formula is C13H6BrClFN3O. The Morgan fingerprint density at radius 2 is 2.20 bits per heavy atom. The average molecular weight is 355 g/mol. The number of amides is 1. The number of carbonyl (C=O) groups is 1. The van der Waals surface area contributed by atoms with Gasteiger partial charge in [-0.3, -0.25) is 4.79 Å². The van der Waals surface area contributed by atoms with Gasteiger partial charge < -0.3 is 5.32 Å². The van der Waals surface area contributed by atoms with E-state index in [-0.39, 0.29) is 16.1 Å². The van der Waals surface area contributed by atoms with Crippen molar-refractivity contribution in [2.75, 3.05) is 5.32 Å². The minimum Gasteiger partial charge on any atom is -0.322 e. The van der Waals surface area contributed by atoms with Crippen LogP contribution in [0.3, 0.4) is 0 Å². The van der Waals surface area contributed by atoms with Crippen molar-refractivity contribution in [2.45, 2.75) is 0 Å². The number of pyridine rings is 1. The molecule has 0 unspecified atom stereocenters. The highest BCUT2D eigenvalue weighted by Crippen LogP contribution is 2.23. The van der Waals surface area contributed by atoms with E-state index in [2.05, 4.69) is 26.2 Å². The molecule has 1 heterocycles. The molecule has 4 nitrogen and oxygen atoms in total. The molecule has 100 valence electrons. The Hall–Kier alpha value is -1.97. The fourth-order valence-corrected chi connectivity index (χ4v) is 2.19. The maximum absolute atomic E-state index is 13.8. The third-order valence-corrected chi connectivity index (χ3v) is 3.11. The number of nitrogens with zero attached hydrogens (tertiary/aromatic N) is 2. The lowest BCUT2D eigenvalue weighted by Gasteiger charge is -2.08. The molecule has 0 saturated heterocycles. The third kappa shape index (κ3) is 3.13. The summed E-state index contributed by atoms with van der Waals surface area (Å²) >= 11 is 8.99. The van der Waals surface area contributed by atoms with E-state index in [1.165, 1.54) is 12.3 Å². The van der Waals surface area contributed by atoms with Crippen LogP contribution in [0.2, 0.25) is 5.02 Å². The van der Waals surface area contributed by atoms with Gasteiger partial charge in [0.25, 0.3) is 5.91 Å². The van der Waals surface area contributed by atoms with Gasteiger partial charge in [0.1, 0.15) is 10.4 Å². The predicted octanol–water partition coefficient (Wildman–Crippen LogP) is 3.76.